The van der Waals surface area contributed by atoms with Gasteiger partial charge in [0, 0.05) is 18.7 Å². The maximum absolute atomic E-state index is 12.5. The maximum Gasteiger partial charge on any atom is 0.252 e. The zero-order valence-electron chi connectivity index (χ0n) is 13.4. The van der Waals surface area contributed by atoms with Crippen LogP contribution in [0.2, 0.25) is 0 Å². The fraction of sp³-hybridized carbons (Fsp3) is 0.562. The van der Waals surface area contributed by atoms with E-state index in [2.05, 4.69) is 5.32 Å². The van der Waals surface area contributed by atoms with E-state index in [1.54, 1.807) is 12.1 Å². The van der Waals surface area contributed by atoms with E-state index in [9.17, 15) is 4.79 Å². The highest BCUT2D eigenvalue weighted by atomic mass is 35.6. The van der Waals surface area contributed by atoms with Crippen molar-refractivity contribution in [1.29, 1.82) is 0 Å². The molecule has 0 spiro atoms. The van der Waals surface area contributed by atoms with Gasteiger partial charge >= 0.3 is 0 Å². The van der Waals surface area contributed by atoms with Crippen molar-refractivity contribution >= 4 is 40.7 Å². The van der Waals surface area contributed by atoms with Gasteiger partial charge in [0.05, 0.1) is 12.2 Å². The van der Waals surface area contributed by atoms with E-state index in [0.717, 1.165) is 5.56 Å². The van der Waals surface area contributed by atoms with E-state index < -0.39 is 9.96 Å². The third-order valence-corrected chi connectivity index (χ3v) is 4.32. The Morgan fingerprint density at radius 3 is 2.22 bits per heavy atom. The van der Waals surface area contributed by atoms with Crippen molar-refractivity contribution < 1.29 is 9.53 Å². The summed E-state index contributed by atoms with van der Waals surface area (Å²) in [6.07, 6.45) is -0.718. The minimum absolute atomic E-state index is 0.00452. The Hall–Kier alpha value is -0.520. The van der Waals surface area contributed by atoms with Gasteiger partial charge in [-0.3, -0.25) is 9.69 Å². The maximum atomic E-state index is 12.5. The van der Waals surface area contributed by atoms with Gasteiger partial charge in [-0.15, -0.1) is 0 Å². The molecule has 1 heterocycles. The van der Waals surface area contributed by atoms with Crippen molar-refractivity contribution in [2.45, 2.75) is 42.9 Å². The second-order valence-electron chi connectivity index (χ2n) is 5.99. The molecule has 1 aromatic rings. The number of amides is 1. The lowest BCUT2D eigenvalue weighted by atomic mass is 10.1. The Morgan fingerprint density at radius 1 is 1.22 bits per heavy atom. The summed E-state index contributed by atoms with van der Waals surface area (Å²) >= 11 is 18.4. The largest absolute Gasteiger partial charge is 0.373 e. The summed E-state index contributed by atoms with van der Waals surface area (Å²) in [7, 11) is 0. The van der Waals surface area contributed by atoms with Crippen molar-refractivity contribution in [3.63, 3.8) is 0 Å². The van der Waals surface area contributed by atoms with Crippen LogP contribution in [0.4, 0.5) is 0 Å². The zero-order valence-corrected chi connectivity index (χ0v) is 15.6. The molecular formula is C16H21Cl3N2O2. The monoisotopic (exact) mass is 378 g/mol. The number of alkyl halides is 3. The lowest BCUT2D eigenvalue weighted by molar-refractivity contribution is -0.0826. The fourth-order valence-electron chi connectivity index (χ4n) is 2.72. The Balaban J connectivity index is 2.16. The highest BCUT2D eigenvalue weighted by Crippen LogP contribution is 2.33. The van der Waals surface area contributed by atoms with Crippen molar-refractivity contribution in [2.24, 2.45) is 0 Å². The van der Waals surface area contributed by atoms with Crippen LogP contribution in [-0.4, -0.2) is 46.1 Å². The van der Waals surface area contributed by atoms with E-state index in [1.165, 1.54) is 0 Å². The van der Waals surface area contributed by atoms with E-state index in [1.807, 2.05) is 37.8 Å². The predicted octanol–water partition coefficient (Wildman–Crippen LogP) is 3.53. The molecule has 0 bridgehead atoms. The standard InChI is InChI=1S/C16H21Cl3N2O2/c1-10-4-6-13(7-5-10)14(22)20-15(16(17,18)19)21-8-11(2)23-12(3)9-21/h4-7,11-12,15H,8-9H2,1-3H3,(H,20,22)/t11-,12-,15+/m1/s1. The van der Waals surface area contributed by atoms with Crippen molar-refractivity contribution in [3.05, 3.63) is 35.4 Å². The first-order valence-corrected chi connectivity index (χ1v) is 8.64. The molecule has 4 nitrogen and oxygen atoms in total. The fourth-order valence-corrected chi connectivity index (χ4v) is 3.30. The third kappa shape index (κ3) is 5.23. The SMILES string of the molecule is Cc1ccc(C(=O)N[C@@H](N2C[C@@H](C)O[C@H](C)C2)C(Cl)(Cl)Cl)cc1. The Labute approximate surface area is 152 Å². The molecule has 1 saturated heterocycles. The number of nitrogens with zero attached hydrogens (tertiary/aromatic N) is 1. The van der Waals surface area contributed by atoms with Gasteiger partial charge in [0.2, 0.25) is 3.79 Å². The Morgan fingerprint density at radius 2 is 1.74 bits per heavy atom. The van der Waals surface area contributed by atoms with Crippen molar-refractivity contribution in [1.82, 2.24) is 10.2 Å². The second kappa shape index (κ2) is 7.58. The van der Waals surface area contributed by atoms with E-state index in [0.29, 0.717) is 18.7 Å². The van der Waals surface area contributed by atoms with Gasteiger partial charge in [0.1, 0.15) is 6.17 Å². The molecule has 0 aromatic heterocycles. The van der Waals surface area contributed by atoms with Crippen molar-refractivity contribution in [3.8, 4) is 0 Å². The minimum Gasteiger partial charge on any atom is -0.373 e. The molecule has 1 aliphatic rings. The summed E-state index contributed by atoms with van der Waals surface area (Å²) in [5.41, 5.74) is 1.61. The van der Waals surface area contributed by atoms with Crippen LogP contribution < -0.4 is 5.32 Å². The lowest BCUT2D eigenvalue weighted by Gasteiger charge is -2.42. The molecule has 0 unspecified atom stereocenters. The molecule has 1 aliphatic heterocycles. The minimum atomic E-state index is -1.64. The van der Waals surface area contributed by atoms with E-state index in [-0.39, 0.29) is 18.1 Å². The molecule has 128 valence electrons. The second-order valence-corrected chi connectivity index (χ2v) is 8.36. The molecule has 1 N–H and O–H groups in total. The van der Waals surface area contributed by atoms with Gasteiger partial charge in [-0.25, -0.2) is 0 Å². The van der Waals surface area contributed by atoms with Gasteiger partial charge in [-0.2, -0.15) is 0 Å². The summed E-state index contributed by atoms with van der Waals surface area (Å²) < 4.78 is 4.06. The molecule has 7 heteroatoms. The number of nitrogens with one attached hydrogen (secondary N) is 1. The normalized spacial score (nSPS) is 24.3. The summed E-state index contributed by atoms with van der Waals surface area (Å²) in [5.74, 6) is -0.270. The molecule has 1 amide bonds. The van der Waals surface area contributed by atoms with Gasteiger partial charge in [-0.05, 0) is 32.9 Å². The third-order valence-electron chi connectivity index (χ3n) is 3.70. The van der Waals surface area contributed by atoms with Crippen molar-refractivity contribution in [2.75, 3.05) is 13.1 Å². The van der Waals surface area contributed by atoms with Crippen LogP contribution in [0.15, 0.2) is 24.3 Å². The summed E-state index contributed by atoms with van der Waals surface area (Å²) in [6, 6.07) is 7.26. The number of rotatable bonds is 3. The molecule has 3 atom stereocenters. The lowest BCUT2D eigenvalue weighted by Crippen LogP contribution is -2.60. The summed E-state index contributed by atoms with van der Waals surface area (Å²) in [5, 5.41) is 2.84. The molecule has 2 rings (SSSR count). The summed E-state index contributed by atoms with van der Waals surface area (Å²) in [4.78, 5) is 14.4. The van der Waals surface area contributed by atoms with Crippen LogP contribution >= 0.6 is 34.8 Å². The smallest absolute Gasteiger partial charge is 0.252 e. The highest BCUT2D eigenvalue weighted by Gasteiger charge is 2.41. The predicted molar refractivity (Wildman–Crippen MR) is 94.3 cm³/mol. The van der Waals surface area contributed by atoms with Crippen LogP contribution in [0.25, 0.3) is 0 Å². The van der Waals surface area contributed by atoms with Crippen LogP contribution in [-0.2, 0) is 4.74 Å². The molecule has 0 aliphatic carbocycles. The number of morpholine rings is 1. The van der Waals surface area contributed by atoms with E-state index in [4.69, 9.17) is 39.5 Å². The van der Waals surface area contributed by atoms with Crippen LogP contribution in [0.3, 0.4) is 0 Å². The zero-order chi connectivity index (χ0) is 17.2. The average Bonchev–Trinajstić information content (AvgIpc) is 2.42. The number of halogens is 3. The van der Waals surface area contributed by atoms with Crippen LogP contribution in [0.5, 0.6) is 0 Å². The number of ether oxygens (including phenoxy) is 1. The first-order valence-electron chi connectivity index (χ1n) is 7.50. The van der Waals surface area contributed by atoms with Gasteiger partial charge in [0.25, 0.3) is 5.91 Å². The molecule has 0 saturated carbocycles. The number of hydrogen-bond acceptors (Lipinski definition) is 3. The summed E-state index contributed by atoms with van der Waals surface area (Å²) in [6.45, 7) is 7.04. The molecule has 23 heavy (non-hydrogen) atoms. The number of aryl methyl sites for hydroxylation is 1. The van der Waals surface area contributed by atoms with Gasteiger partial charge in [-0.1, -0.05) is 52.5 Å². The number of carbonyl (C=O) groups excluding carboxylic acids is 1. The number of hydrogen-bond donors (Lipinski definition) is 1. The molecule has 0 radical (unpaired) electrons. The first kappa shape index (κ1) is 18.8. The van der Waals surface area contributed by atoms with Gasteiger partial charge < -0.3 is 10.1 Å². The van der Waals surface area contributed by atoms with E-state index >= 15 is 0 Å². The molecule has 1 fully saturated rings. The molecule has 1 aromatic carbocycles. The Kier molecular flexibility index (Phi) is 6.20. The van der Waals surface area contributed by atoms with Crippen LogP contribution in [0, 0.1) is 6.92 Å². The first-order chi connectivity index (χ1) is 10.7. The highest BCUT2D eigenvalue weighted by molar-refractivity contribution is 6.68. The molecular weight excluding hydrogens is 359 g/mol. The number of benzene rings is 1. The quantitative estimate of drug-likeness (QED) is 0.817. The van der Waals surface area contributed by atoms with Crippen LogP contribution in [0.1, 0.15) is 29.8 Å². The Bertz CT molecular complexity index is 535. The number of carbonyl (C=O) groups is 1. The van der Waals surface area contributed by atoms with Gasteiger partial charge in [0.15, 0.2) is 0 Å². The topological polar surface area (TPSA) is 41.6 Å². The average molecular weight is 380 g/mol.